The number of thioether (sulfide) groups is 1. The number of urea groups is 1. The predicted octanol–water partition coefficient (Wildman–Crippen LogP) is 2.93. The van der Waals surface area contributed by atoms with Gasteiger partial charge in [-0.15, -0.1) is 0 Å². The van der Waals surface area contributed by atoms with Crippen molar-refractivity contribution in [2.75, 3.05) is 18.8 Å². The van der Waals surface area contributed by atoms with Crippen LogP contribution >= 0.6 is 11.8 Å². The van der Waals surface area contributed by atoms with E-state index in [4.69, 9.17) is 0 Å². The minimum atomic E-state index is -0.300. The zero-order chi connectivity index (χ0) is 19.8. The Morgan fingerprint density at radius 1 is 1.18 bits per heavy atom. The minimum absolute atomic E-state index is 0.00156. The van der Waals surface area contributed by atoms with Crippen molar-refractivity contribution < 1.29 is 14.4 Å². The second kappa shape index (κ2) is 10.5. The molecule has 1 aliphatic heterocycles. The lowest BCUT2D eigenvalue weighted by Crippen LogP contribution is -2.60. The lowest BCUT2D eigenvalue weighted by molar-refractivity contribution is -0.136. The highest BCUT2D eigenvalue weighted by atomic mass is 32.2. The quantitative estimate of drug-likeness (QED) is 0.622. The van der Waals surface area contributed by atoms with Crippen LogP contribution in [0, 0.1) is 5.92 Å². The summed E-state index contributed by atoms with van der Waals surface area (Å²) in [5, 5.41) is 5.87. The van der Waals surface area contributed by atoms with E-state index in [1.54, 1.807) is 11.8 Å². The molecule has 1 saturated heterocycles. The fraction of sp³-hybridized carbons (Fsp3) is 0.571. The molecule has 28 heavy (non-hydrogen) atoms. The summed E-state index contributed by atoms with van der Waals surface area (Å²) in [6.07, 6.45) is 4.68. The molecule has 2 unspecified atom stereocenters. The smallest absolute Gasteiger partial charge is 0.324 e. The Labute approximate surface area is 170 Å². The zero-order valence-electron chi connectivity index (χ0n) is 16.2. The van der Waals surface area contributed by atoms with Crippen molar-refractivity contribution >= 4 is 29.6 Å². The molecule has 2 fully saturated rings. The van der Waals surface area contributed by atoms with Crippen LogP contribution in [0.25, 0.3) is 0 Å². The zero-order valence-corrected chi connectivity index (χ0v) is 17.0. The standard InChI is InChI=1S/C21H29N3O3S/c25-19(22-12-14-28-15-16-7-2-1-3-8-16)11-6-13-24-20(26)17-9-4-5-10-18(17)23-21(24)27/h1-3,7-8,17-18H,4-6,9-15H2,(H,22,25)(H,23,27). The first-order valence-corrected chi connectivity index (χ1v) is 11.3. The molecule has 2 atom stereocenters. The highest BCUT2D eigenvalue weighted by Crippen LogP contribution is 2.29. The highest BCUT2D eigenvalue weighted by molar-refractivity contribution is 7.98. The van der Waals surface area contributed by atoms with Crippen LogP contribution < -0.4 is 10.6 Å². The summed E-state index contributed by atoms with van der Waals surface area (Å²) in [6, 6.07) is 9.95. The van der Waals surface area contributed by atoms with Gasteiger partial charge in [-0.1, -0.05) is 43.2 Å². The largest absolute Gasteiger partial charge is 0.355 e. The molecule has 1 aromatic carbocycles. The number of rotatable bonds is 9. The Morgan fingerprint density at radius 2 is 1.96 bits per heavy atom. The Morgan fingerprint density at radius 3 is 2.79 bits per heavy atom. The van der Waals surface area contributed by atoms with E-state index in [9.17, 15) is 14.4 Å². The molecule has 1 aromatic rings. The van der Waals surface area contributed by atoms with Gasteiger partial charge in [-0.2, -0.15) is 11.8 Å². The van der Waals surface area contributed by atoms with Crippen molar-refractivity contribution in [3.05, 3.63) is 35.9 Å². The van der Waals surface area contributed by atoms with Gasteiger partial charge in [-0.05, 0) is 24.8 Å². The number of imide groups is 1. The highest BCUT2D eigenvalue weighted by Gasteiger charge is 2.41. The van der Waals surface area contributed by atoms with Crippen molar-refractivity contribution in [2.45, 2.75) is 50.3 Å². The molecular formula is C21H29N3O3S. The van der Waals surface area contributed by atoms with Crippen LogP contribution in [0.2, 0.25) is 0 Å². The molecule has 1 aliphatic carbocycles. The van der Waals surface area contributed by atoms with Gasteiger partial charge >= 0.3 is 6.03 Å². The van der Waals surface area contributed by atoms with E-state index < -0.39 is 0 Å². The second-order valence-electron chi connectivity index (χ2n) is 7.43. The van der Waals surface area contributed by atoms with Crippen LogP contribution in [-0.2, 0) is 15.3 Å². The number of nitrogens with zero attached hydrogens (tertiary/aromatic N) is 1. The van der Waals surface area contributed by atoms with E-state index in [2.05, 4.69) is 22.8 Å². The first-order chi connectivity index (χ1) is 13.6. The molecule has 0 radical (unpaired) electrons. The van der Waals surface area contributed by atoms with E-state index >= 15 is 0 Å². The maximum absolute atomic E-state index is 12.6. The number of hydrogen-bond donors (Lipinski definition) is 2. The molecule has 2 aliphatic rings. The summed E-state index contributed by atoms with van der Waals surface area (Å²) < 4.78 is 0. The van der Waals surface area contributed by atoms with Gasteiger partial charge in [0.2, 0.25) is 11.8 Å². The van der Waals surface area contributed by atoms with Crippen LogP contribution in [0.5, 0.6) is 0 Å². The first kappa shape index (κ1) is 20.7. The fourth-order valence-electron chi connectivity index (χ4n) is 3.86. The van der Waals surface area contributed by atoms with Crippen molar-refractivity contribution in [3.63, 3.8) is 0 Å². The molecular weight excluding hydrogens is 374 g/mol. The number of hydrogen-bond acceptors (Lipinski definition) is 4. The van der Waals surface area contributed by atoms with Crippen molar-refractivity contribution in [3.8, 4) is 0 Å². The predicted molar refractivity (Wildman–Crippen MR) is 111 cm³/mol. The maximum Gasteiger partial charge on any atom is 0.324 e. The van der Waals surface area contributed by atoms with Gasteiger partial charge in [0.15, 0.2) is 0 Å². The van der Waals surface area contributed by atoms with Gasteiger partial charge in [0.1, 0.15) is 0 Å². The van der Waals surface area contributed by atoms with E-state index in [0.29, 0.717) is 25.9 Å². The van der Waals surface area contributed by atoms with Crippen molar-refractivity contribution in [1.29, 1.82) is 0 Å². The summed E-state index contributed by atoms with van der Waals surface area (Å²) in [6.45, 7) is 0.938. The van der Waals surface area contributed by atoms with Crippen LogP contribution in [0.4, 0.5) is 4.79 Å². The van der Waals surface area contributed by atoms with Crippen LogP contribution in [0.15, 0.2) is 30.3 Å². The average Bonchev–Trinajstić information content (AvgIpc) is 2.71. The molecule has 152 valence electrons. The lowest BCUT2D eigenvalue weighted by atomic mass is 9.82. The van der Waals surface area contributed by atoms with E-state index in [1.165, 1.54) is 10.5 Å². The second-order valence-corrected chi connectivity index (χ2v) is 8.53. The first-order valence-electron chi connectivity index (χ1n) is 10.2. The van der Waals surface area contributed by atoms with E-state index in [1.807, 2.05) is 18.2 Å². The SMILES string of the molecule is O=C(CCCN1C(=O)NC2CCCCC2C1=O)NCCSCc1ccccc1. The molecule has 1 heterocycles. The summed E-state index contributed by atoms with van der Waals surface area (Å²) in [7, 11) is 0. The average molecular weight is 404 g/mol. The van der Waals surface area contributed by atoms with Crippen LogP contribution in [0.3, 0.4) is 0 Å². The Hall–Kier alpha value is -2.02. The topological polar surface area (TPSA) is 78.5 Å². The van der Waals surface area contributed by atoms with Gasteiger partial charge in [0.05, 0.1) is 5.92 Å². The number of fused-ring (bicyclic) bond motifs is 1. The molecule has 1 saturated carbocycles. The van der Waals surface area contributed by atoms with E-state index in [0.717, 1.165) is 37.2 Å². The number of nitrogens with one attached hydrogen (secondary N) is 2. The summed E-state index contributed by atoms with van der Waals surface area (Å²) >= 11 is 1.79. The Balaban J connectivity index is 1.29. The van der Waals surface area contributed by atoms with Gasteiger partial charge in [-0.3, -0.25) is 14.5 Å². The maximum atomic E-state index is 12.6. The molecule has 7 heteroatoms. The van der Waals surface area contributed by atoms with Gasteiger partial charge < -0.3 is 10.6 Å². The van der Waals surface area contributed by atoms with Gasteiger partial charge in [0, 0.05) is 37.1 Å². The number of benzene rings is 1. The third-order valence-corrected chi connectivity index (χ3v) is 6.40. The molecule has 0 bridgehead atoms. The number of carbonyl (C=O) groups excluding carboxylic acids is 3. The molecule has 0 aromatic heterocycles. The van der Waals surface area contributed by atoms with Crippen molar-refractivity contribution in [2.24, 2.45) is 5.92 Å². The summed E-state index contributed by atoms with van der Waals surface area (Å²) in [4.78, 5) is 38.0. The van der Waals surface area contributed by atoms with Crippen LogP contribution in [-0.4, -0.2) is 47.6 Å². The fourth-order valence-corrected chi connectivity index (χ4v) is 4.68. The monoisotopic (exact) mass is 403 g/mol. The summed E-state index contributed by atoms with van der Waals surface area (Å²) in [5.74, 6) is 1.62. The minimum Gasteiger partial charge on any atom is -0.355 e. The molecule has 3 rings (SSSR count). The molecule has 0 spiro atoms. The molecule has 4 amide bonds. The van der Waals surface area contributed by atoms with Crippen molar-refractivity contribution in [1.82, 2.24) is 15.5 Å². The van der Waals surface area contributed by atoms with Gasteiger partial charge in [0.25, 0.3) is 0 Å². The Bertz CT molecular complexity index is 683. The Kier molecular flexibility index (Phi) is 7.77. The number of amides is 4. The lowest BCUT2D eigenvalue weighted by Gasteiger charge is -2.39. The molecule has 6 nitrogen and oxygen atoms in total. The third-order valence-electron chi connectivity index (χ3n) is 5.37. The normalized spacial score (nSPS) is 21.8. The molecule has 2 N–H and O–H groups in total. The number of carbonyl (C=O) groups is 3. The van der Waals surface area contributed by atoms with Crippen LogP contribution in [0.1, 0.15) is 44.1 Å². The van der Waals surface area contributed by atoms with E-state index in [-0.39, 0.29) is 29.8 Å². The summed E-state index contributed by atoms with van der Waals surface area (Å²) in [5.41, 5.74) is 1.28. The van der Waals surface area contributed by atoms with Gasteiger partial charge in [-0.25, -0.2) is 4.79 Å². The third kappa shape index (κ3) is 5.74.